The first-order valence-electron chi connectivity index (χ1n) is 16.5. The van der Waals surface area contributed by atoms with E-state index in [0.29, 0.717) is 12.8 Å². The summed E-state index contributed by atoms with van der Waals surface area (Å²) in [6.07, 6.45) is 26.7. The third-order valence-electron chi connectivity index (χ3n) is 8.02. The Morgan fingerprint density at radius 1 is 0.526 bits per heavy atom. The summed E-state index contributed by atoms with van der Waals surface area (Å²) in [6.45, 7) is 3.55. The molecule has 0 aromatic rings. The van der Waals surface area contributed by atoms with Crippen LogP contribution in [0.4, 0.5) is 0 Å². The van der Waals surface area contributed by atoms with Crippen molar-refractivity contribution in [2.45, 2.75) is 192 Å². The lowest BCUT2D eigenvalue weighted by atomic mass is 9.85. The van der Waals surface area contributed by atoms with E-state index in [4.69, 9.17) is 0 Å². The molecule has 0 bridgehead atoms. The second kappa shape index (κ2) is 26.4. The number of hydrogen-bond acceptors (Lipinski definition) is 5. The second-order valence-electron chi connectivity index (χ2n) is 11.7. The predicted octanol–water partition coefficient (Wildman–Crippen LogP) is 8.39. The second-order valence-corrected chi connectivity index (χ2v) is 11.7. The number of Topliss-reactive ketones (excluding diaryl/α,β-unsaturated/α-hetero) is 2. The summed E-state index contributed by atoms with van der Waals surface area (Å²) in [4.78, 5) is 25.0. The molecule has 2 atom stereocenters. The maximum absolute atomic E-state index is 12.6. The van der Waals surface area contributed by atoms with Gasteiger partial charge < -0.3 is 15.3 Å². The van der Waals surface area contributed by atoms with E-state index in [1.165, 1.54) is 103 Å². The van der Waals surface area contributed by atoms with Gasteiger partial charge in [0.25, 0.3) is 0 Å². The first kappa shape index (κ1) is 37.2. The van der Waals surface area contributed by atoms with Crippen LogP contribution in [0.1, 0.15) is 181 Å². The summed E-state index contributed by atoms with van der Waals surface area (Å²) in [5.74, 6) is -1.17. The van der Waals surface area contributed by atoms with E-state index in [1.807, 2.05) is 0 Å². The molecule has 0 fully saturated rings. The minimum atomic E-state index is -2.37. The van der Waals surface area contributed by atoms with Crippen LogP contribution in [0.15, 0.2) is 0 Å². The molecule has 2 unspecified atom stereocenters. The molecular formula is C33H64O5. The van der Waals surface area contributed by atoms with Crippen molar-refractivity contribution in [1.29, 1.82) is 0 Å². The van der Waals surface area contributed by atoms with Gasteiger partial charge in [-0.1, -0.05) is 155 Å². The van der Waals surface area contributed by atoms with Crippen molar-refractivity contribution >= 4 is 11.6 Å². The lowest BCUT2D eigenvalue weighted by Gasteiger charge is -2.29. The van der Waals surface area contributed by atoms with Crippen LogP contribution in [0.2, 0.25) is 0 Å². The van der Waals surface area contributed by atoms with Crippen molar-refractivity contribution < 1.29 is 24.9 Å². The first-order chi connectivity index (χ1) is 18.4. The number of aliphatic hydroxyl groups excluding tert-OH is 2. The quantitative estimate of drug-likeness (QED) is 0.0795. The van der Waals surface area contributed by atoms with Gasteiger partial charge in [0.1, 0.15) is 0 Å². The van der Waals surface area contributed by atoms with Crippen LogP contribution >= 0.6 is 0 Å². The zero-order valence-electron chi connectivity index (χ0n) is 25.3. The van der Waals surface area contributed by atoms with E-state index < -0.39 is 29.9 Å². The highest BCUT2D eigenvalue weighted by molar-refractivity contribution is 5.96. The summed E-state index contributed by atoms with van der Waals surface area (Å²) in [5, 5.41) is 30.7. The minimum absolute atomic E-state index is 0.0808. The van der Waals surface area contributed by atoms with Crippen LogP contribution in [0.25, 0.3) is 0 Å². The fourth-order valence-electron chi connectivity index (χ4n) is 5.21. The van der Waals surface area contributed by atoms with Crippen molar-refractivity contribution in [3.63, 3.8) is 0 Å². The fraction of sp³-hybridized carbons (Fsp3) is 0.939. The van der Waals surface area contributed by atoms with Gasteiger partial charge in [-0.05, 0) is 12.8 Å². The zero-order valence-corrected chi connectivity index (χ0v) is 25.3. The summed E-state index contributed by atoms with van der Waals surface area (Å²) < 4.78 is 0. The molecule has 0 saturated heterocycles. The van der Waals surface area contributed by atoms with Crippen LogP contribution in [0.5, 0.6) is 0 Å². The van der Waals surface area contributed by atoms with Gasteiger partial charge in [0.15, 0.2) is 23.3 Å². The van der Waals surface area contributed by atoms with E-state index in [1.54, 1.807) is 0 Å². The molecule has 0 aliphatic heterocycles. The molecule has 0 spiro atoms. The van der Waals surface area contributed by atoms with Crippen molar-refractivity contribution in [2.24, 2.45) is 0 Å². The predicted molar refractivity (Wildman–Crippen MR) is 159 cm³/mol. The Kier molecular flexibility index (Phi) is 25.9. The largest absolute Gasteiger partial charge is 0.393 e. The molecule has 0 radical (unpaired) electrons. The minimum Gasteiger partial charge on any atom is -0.393 e. The van der Waals surface area contributed by atoms with E-state index >= 15 is 0 Å². The highest BCUT2D eigenvalue weighted by Crippen LogP contribution is 2.20. The maximum atomic E-state index is 12.6. The van der Waals surface area contributed by atoms with Crippen molar-refractivity contribution in [2.75, 3.05) is 6.61 Å². The Morgan fingerprint density at radius 3 is 1.13 bits per heavy atom. The van der Waals surface area contributed by atoms with Gasteiger partial charge in [-0.25, -0.2) is 0 Å². The topological polar surface area (TPSA) is 94.8 Å². The third-order valence-corrected chi connectivity index (χ3v) is 8.02. The van der Waals surface area contributed by atoms with Gasteiger partial charge in [-0.15, -0.1) is 0 Å². The maximum Gasteiger partial charge on any atom is 0.178 e. The molecule has 0 aliphatic rings. The number of rotatable bonds is 30. The van der Waals surface area contributed by atoms with Gasteiger partial charge >= 0.3 is 0 Å². The third kappa shape index (κ3) is 19.3. The molecule has 0 rings (SSSR count). The van der Waals surface area contributed by atoms with E-state index in [9.17, 15) is 24.9 Å². The Balaban J connectivity index is 3.91. The molecule has 226 valence electrons. The van der Waals surface area contributed by atoms with Crippen LogP contribution in [-0.2, 0) is 9.59 Å². The highest BCUT2D eigenvalue weighted by Gasteiger charge is 2.45. The summed E-state index contributed by atoms with van der Waals surface area (Å²) >= 11 is 0. The van der Waals surface area contributed by atoms with Gasteiger partial charge in [0.05, 0.1) is 6.61 Å². The summed E-state index contributed by atoms with van der Waals surface area (Å²) in [5.41, 5.74) is -2.37. The van der Waals surface area contributed by atoms with Crippen LogP contribution in [-0.4, -0.2) is 45.2 Å². The van der Waals surface area contributed by atoms with Crippen molar-refractivity contribution in [3.8, 4) is 0 Å². The molecular weight excluding hydrogens is 476 g/mol. The van der Waals surface area contributed by atoms with Crippen LogP contribution in [0, 0.1) is 0 Å². The van der Waals surface area contributed by atoms with Gasteiger partial charge in [0, 0.05) is 12.8 Å². The zero-order chi connectivity index (χ0) is 28.3. The van der Waals surface area contributed by atoms with Gasteiger partial charge in [-0.2, -0.15) is 0 Å². The Hall–Kier alpha value is -0.780. The highest BCUT2D eigenvalue weighted by atomic mass is 16.4. The molecule has 5 heteroatoms. The fourth-order valence-corrected chi connectivity index (χ4v) is 5.21. The lowest BCUT2D eigenvalue weighted by molar-refractivity contribution is -0.165. The van der Waals surface area contributed by atoms with Crippen molar-refractivity contribution in [1.82, 2.24) is 0 Å². The average molecular weight is 541 g/mol. The normalized spacial score (nSPS) is 13.9. The Bertz CT molecular complexity index is 550. The Labute approximate surface area is 235 Å². The van der Waals surface area contributed by atoms with Crippen LogP contribution in [0.3, 0.4) is 0 Å². The van der Waals surface area contributed by atoms with Gasteiger partial charge in [-0.3, -0.25) is 9.59 Å². The SMILES string of the molecule is CCCCCCCCCCCCCCC(=O)C(O)C(O)(CO)C(=O)CCCCCCCCCCCCCC. The van der Waals surface area contributed by atoms with Crippen LogP contribution < -0.4 is 0 Å². The van der Waals surface area contributed by atoms with Crippen molar-refractivity contribution in [3.05, 3.63) is 0 Å². The molecule has 0 heterocycles. The number of ketones is 2. The van der Waals surface area contributed by atoms with E-state index in [0.717, 1.165) is 38.5 Å². The van der Waals surface area contributed by atoms with E-state index in [2.05, 4.69) is 13.8 Å². The molecule has 0 saturated carbocycles. The smallest absolute Gasteiger partial charge is 0.178 e. The average Bonchev–Trinajstić information content (AvgIpc) is 2.93. The molecule has 5 nitrogen and oxygen atoms in total. The molecule has 0 aromatic carbocycles. The molecule has 0 aromatic heterocycles. The lowest BCUT2D eigenvalue weighted by Crippen LogP contribution is -2.55. The molecule has 0 amide bonds. The molecule has 0 aliphatic carbocycles. The Morgan fingerprint density at radius 2 is 0.816 bits per heavy atom. The number of unbranched alkanes of at least 4 members (excludes halogenated alkanes) is 22. The monoisotopic (exact) mass is 540 g/mol. The number of aliphatic hydroxyl groups is 3. The summed E-state index contributed by atoms with van der Waals surface area (Å²) in [7, 11) is 0. The number of carbonyl (C=O) groups excluding carboxylic acids is 2. The van der Waals surface area contributed by atoms with E-state index in [-0.39, 0.29) is 12.8 Å². The number of hydrogen-bond donors (Lipinski definition) is 3. The summed E-state index contributed by atoms with van der Waals surface area (Å²) in [6, 6.07) is 0. The van der Waals surface area contributed by atoms with Gasteiger partial charge in [0.2, 0.25) is 0 Å². The molecule has 38 heavy (non-hydrogen) atoms. The number of carbonyl (C=O) groups is 2. The molecule has 3 N–H and O–H groups in total. The first-order valence-corrected chi connectivity index (χ1v) is 16.5. The standard InChI is InChI=1S/C33H64O5/c1-3-5-7-9-11-13-15-17-19-21-23-25-27-30(35)32(37)33(38,29-34)31(36)28-26-24-22-20-18-16-14-12-10-8-6-4-2/h32,34,37-38H,3-29H2,1-2H3.